The third-order valence-electron chi connectivity index (χ3n) is 3.14. The summed E-state index contributed by atoms with van der Waals surface area (Å²) in [6, 6.07) is 1.62. The fraction of sp³-hybridized carbons (Fsp3) is 0.667. The zero-order valence-electron chi connectivity index (χ0n) is 10.4. The number of ether oxygens (including phenoxy) is 1. The lowest BCUT2D eigenvalue weighted by molar-refractivity contribution is -0.123. The molecule has 2 rings (SSSR count). The summed E-state index contributed by atoms with van der Waals surface area (Å²) in [7, 11) is 0. The summed E-state index contributed by atoms with van der Waals surface area (Å²) in [5.41, 5.74) is 0. The first-order valence-electron chi connectivity index (χ1n) is 6.16. The molecule has 0 spiro atoms. The minimum Gasteiger partial charge on any atom is -0.465 e. The number of rotatable bonds is 5. The molecule has 100 valence electrons. The van der Waals surface area contributed by atoms with Gasteiger partial charge in [0.1, 0.15) is 5.76 Å². The highest BCUT2D eigenvalue weighted by Gasteiger charge is 2.25. The van der Waals surface area contributed by atoms with Crippen molar-refractivity contribution in [3.63, 3.8) is 0 Å². The lowest BCUT2D eigenvalue weighted by Gasteiger charge is -2.14. The van der Waals surface area contributed by atoms with Gasteiger partial charge in [0.05, 0.1) is 6.10 Å². The molecular formula is C12H18N2O4. The van der Waals surface area contributed by atoms with E-state index in [2.05, 4.69) is 10.5 Å². The third kappa shape index (κ3) is 3.46. The Bertz CT molecular complexity index is 405. The van der Waals surface area contributed by atoms with Crippen molar-refractivity contribution in [2.75, 3.05) is 13.2 Å². The predicted octanol–water partition coefficient (Wildman–Crippen LogP) is 0.639. The second-order valence-electron chi connectivity index (χ2n) is 4.63. The zero-order valence-corrected chi connectivity index (χ0v) is 10.4. The molecule has 2 N–H and O–H groups in total. The maximum absolute atomic E-state index is 11.5. The van der Waals surface area contributed by atoms with Crippen molar-refractivity contribution in [1.82, 2.24) is 10.5 Å². The quantitative estimate of drug-likeness (QED) is 0.805. The SMILES string of the molecule is Cc1cc(OCC(=O)NCC2CCCC2O)no1. The molecule has 1 amide bonds. The maximum atomic E-state index is 11.5. The van der Waals surface area contributed by atoms with Crippen LogP contribution >= 0.6 is 0 Å². The van der Waals surface area contributed by atoms with Crippen LogP contribution in [0.5, 0.6) is 5.88 Å². The van der Waals surface area contributed by atoms with E-state index < -0.39 is 0 Å². The monoisotopic (exact) mass is 254 g/mol. The number of aromatic nitrogens is 1. The zero-order chi connectivity index (χ0) is 13.0. The fourth-order valence-corrected chi connectivity index (χ4v) is 2.10. The van der Waals surface area contributed by atoms with Crippen LogP contribution in [0.25, 0.3) is 0 Å². The van der Waals surface area contributed by atoms with Gasteiger partial charge in [-0.25, -0.2) is 0 Å². The van der Waals surface area contributed by atoms with E-state index in [1.165, 1.54) is 0 Å². The summed E-state index contributed by atoms with van der Waals surface area (Å²) in [4.78, 5) is 11.5. The highest BCUT2D eigenvalue weighted by Crippen LogP contribution is 2.24. The molecule has 0 bridgehead atoms. The molecule has 0 saturated heterocycles. The molecule has 6 nitrogen and oxygen atoms in total. The van der Waals surface area contributed by atoms with E-state index in [0.717, 1.165) is 19.3 Å². The molecule has 1 aromatic rings. The summed E-state index contributed by atoms with van der Waals surface area (Å²) in [6.07, 6.45) is 2.53. The van der Waals surface area contributed by atoms with Crippen molar-refractivity contribution in [2.45, 2.75) is 32.3 Å². The van der Waals surface area contributed by atoms with Gasteiger partial charge in [-0.15, -0.1) is 0 Å². The van der Waals surface area contributed by atoms with Crippen molar-refractivity contribution in [2.24, 2.45) is 5.92 Å². The molecule has 1 saturated carbocycles. The topological polar surface area (TPSA) is 84.6 Å². The van der Waals surface area contributed by atoms with E-state index in [0.29, 0.717) is 18.2 Å². The van der Waals surface area contributed by atoms with Crippen LogP contribution in [-0.2, 0) is 4.79 Å². The number of amides is 1. The molecule has 0 aliphatic heterocycles. The van der Waals surface area contributed by atoms with Crippen LogP contribution in [-0.4, -0.2) is 35.4 Å². The Balaban J connectivity index is 1.66. The van der Waals surface area contributed by atoms with E-state index in [4.69, 9.17) is 9.26 Å². The van der Waals surface area contributed by atoms with Gasteiger partial charge < -0.3 is 19.7 Å². The van der Waals surface area contributed by atoms with Crippen LogP contribution in [0.1, 0.15) is 25.0 Å². The maximum Gasteiger partial charge on any atom is 0.258 e. The van der Waals surface area contributed by atoms with E-state index in [-0.39, 0.29) is 24.5 Å². The summed E-state index contributed by atoms with van der Waals surface area (Å²) >= 11 is 0. The van der Waals surface area contributed by atoms with Crippen molar-refractivity contribution >= 4 is 5.91 Å². The standard InChI is InChI=1S/C12H18N2O4/c1-8-5-12(14-18-8)17-7-11(16)13-6-9-3-2-4-10(9)15/h5,9-10,15H,2-4,6-7H2,1H3,(H,13,16). The van der Waals surface area contributed by atoms with Crippen LogP contribution in [0.15, 0.2) is 10.6 Å². The molecule has 1 heterocycles. The van der Waals surface area contributed by atoms with Gasteiger partial charge in [0, 0.05) is 18.5 Å². The van der Waals surface area contributed by atoms with Crippen LogP contribution in [0, 0.1) is 12.8 Å². The van der Waals surface area contributed by atoms with Crippen LogP contribution in [0.2, 0.25) is 0 Å². The van der Waals surface area contributed by atoms with Crippen molar-refractivity contribution in [1.29, 1.82) is 0 Å². The summed E-state index contributed by atoms with van der Waals surface area (Å²) in [6.45, 7) is 2.16. The van der Waals surface area contributed by atoms with Crippen molar-refractivity contribution < 1.29 is 19.2 Å². The Morgan fingerprint density at radius 3 is 3.11 bits per heavy atom. The minimum absolute atomic E-state index is 0.0885. The molecule has 0 radical (unpaired) electrons. The van der Waals surface area contributed by atoms with E-state index in [1.807, 2.05) is 0 Å². The number of aliphatic hydroxyl groups excluding tert-OH is 1. The second kappa shape index (κ2) is 5.86. The summed E-state index contributed by atoms with van der Waals surface area (Å²) < 4.78 is 9.96. The number of hydrogen-bond acceptors (Lipinski definition) is 5. The molecule has 2 unspecified atom stereocenters. The Morgan fingerprint density at radius 2 is 2.50 bits per heavy atom. The Hall–Kier alpha value is -1.56. The first kappa shape index (κ1) is 12.9. The van der Waals surface area contributed by atoms with E-state index >= 15 is 0 Å². The molecule has 1 aliphatic rings. The highest BCUT2D eigenvalue weighted by atomic mass is 16.5. The number of aryl methyl sites for hydroxylation is 1. The predicted molar refractivity (Wildman–Crippen MR) is 63.1 cm³/mol. The van der Waals surface area contributed by atoms with Crippen LogP contribution < -0.4 is 10.1 Å². The highest BCUT2D eigenvalue weighted by molar-refractivity contribution is 5.77. The van der Waals surface area contributed by atoms with Gasteiger partial charge in [-0.3, -0.25) is 4.79 Å². The van der Waals surface area contributed by atoms with Gasteiger partial charge in [-0.1, -0.05) is 6.42 Å². The van der Waals surface area contributed by atoms with Gasteiger partial charge in [0.25, 0.3) is 11.8 Å². The van der Waals surface area contributed by atoms with Gasteiger partial charge in [-0.2, -0.15) is 0 Å². The fourth-order valence-electron chi connectivity index (χ4n) is 2.10. The molecule has 2 atom stereocenters. The molecule has 1 fully saturated rings. The molecule has 1 aliphatic carbocycles. The number of hydrogen-bond donors (Lipinski definition) is 2. The van der Waals surface area contributed by atoms with Gasteiger partial charge >= 0.3 is 0 Å². The van der Waals surface area contributed by atoms with Crippen molar-refractivity contribution in [3.8, 4) is 5.88 Å². The van der Waals surface area contributed by atoms with Gasteiger partial charge in [-0.05, 0) is 24.9 Å². The first-order valence-corrected chi connectivity index (χ1v) is 6.16. The number of carbonyl (C=O) groups excluding carboxylic acids is 1. The lowest BCUT2D eigenvalue weighted by atomic mass is 10.1. The minimum atomic E-state index is -0.288. The molecule has 6 heteroatoms. The second-order valence-corrected chi connectivity index (χ2v) is 4.63. The average molecular weight is 254 g/mol. The molecular weight excluding hydrogens is 236 g/mol. The lowest BCUT2D eigenvalue weighted by Crippen LogP contribution is -2.35. The largest absolute Gasteiger partial charge is 0.465 e. The molecule has 1 aromatic heterocycles. The summed E-state index contributed by atoms with van der Waals surface area (Å²) in [5, 5.41) is 16.0. The smallest absolute Gasteiger partial charge is 0.258 e. The number of nitrogens with one attached hydrogen (secondary N) is 1. The third-order valence-corrected chi connectivity index (χ3v) is 3.14. The van der Waals surface area contributed by atoms with Crippen LogP contribution in [0.3, 0.4) is 0 Å². The Morgan fingerprint density at radius 1 is 1.67 bits per heavy atom. The number of nitrogens with zero attached hydrogens (tertiary/aromatic N) is 1. The first-order chi connectivity index (χ1) is 8.65. The number of carbonyl (C=O) groups is 1. The average Bonchev–Trinajstić information content (AvgIpc) is 2.93. The van der Waals surface area contributed by atoms with Crippen molar-refractivity contribution in [3.05, 3.63) is 11.8 Å². The van der Waals surface area contributed by atoms with E-state index in [9.17, 15) is 9.90 Å². The normalized spacial score (nSPS) is 23.0. The Labute approximate surface area is 105 Å². The van der Waals surface area contributed by atoms with Crippen LogP contribution in [0.4, 0.5) is 0 Å². The van der Waals surface area contributed by atoms with Gasteiger partial charge in [0.2, 0.25) is 0 Å². The van der Waals surface area contributed by atoms with Gasteiger partial charge in [0.15, 0.2) is 6.61 Å². The Kier molecular flexibility index (Phi) is 4.19. The molecule has 0 aromatic carbocycles. The summed E-state index contributed by atoms with van der Waals surface area (Å²) in [5.74, 6) is 0.904. The molecule has 18 heavy (non-hydrogen) atoms. The number of aliphatic hydroxyl groups is 1. The van der Waals surface area contributed by atoms with E-state index in [1.54, 1.807) is 13.0 Å².